The molecule has 2 unspecified atom stereocenters. The molecule has 41 heteroatoms. The summed E-state index contributed by atoms with van der Waals surface area (Å²) in [5, 5.41) is 41.0. The number of carboxylic acid groups (broad SMARTS) is 2. The van der Waals surface area contributed by atoms with Gasteiger partial charge in [-0.15, -0.1) is 0 Å². The molecule has 1 aromatic heterocycles. The second-order valence-corrected chi connectivity index (χ2v) is 42.9. The molecule has 10 N–H and O–H groups in total. The van der Waals surface area contributed by atoms with Crippen LogP contribution in [-0.4, -0.2) is 362 Å². The fourth-order valence-electron chi connectivity index (χ4n) is 21.1. The third-order valence-corrected chi connectivity index (χ3v) is 33.2. The minimum absolute atomic E-state index is 0.0289. The van der Waals surface area contributed by atoms with Gasteiger partial charge in [0.15, 0.2) is 17.8 Å². The first-order valence-electron chi connectivity index (χ1n) is 51.2. The van der Waals surface area contributed by atoms with Gasteiger partial charge < -0.3 is 106 Å². The number of carbonyl (C=O) groups is 17. The van der Waals surface area contributed by atoms with Gasteiger partial charge in [-0.1, -0.05) is 98.8 Å². The van der Waals surface area contributed by atoms with Gasteiger partial charge in [-0.25, -0.2) is 14.6 Å². The number of carbonyl (C=O) groups excluding carboxylic acids is 15. The fraction of sp³-hybridized carbons (Fsp3) is 0.566. The maximum absolute atomic E-state index is 15.7. The van der Waals surface area contributed by atoms with Crippen LogP contribution in [0.1, 0.15) is 175 Å². The Morgan fingerprint density at radius 3 is 1.24 bits per heavy atom. The lowest BCUT2D eigenvalue weighted by Crippen LogP contribution is -2.63. The molecule has 18 atom stereocenters. The molecule has 39 nitrogen and oxygen atoms in total. The summed E-state index contributed by atoms with van der Waals surface area (Å²) in [7, 11) is 10.7. The van der Waals surface area contributed by atoms with Crippen molar-refractivity contribution in [2.45, 2.75) is 238 Å². The highest BCUT2D eigenvalue weighted by Gasteiger charge is 2.52. The fourth-order valence-corrected chi connectivity index (χ4v) is 24.4. The smallest absolute Gasteiger partial charge is 0.333 e. The van der Waals surface area contributed by atoms with Crippen molar-refractivity contribution >= 4 is 135 Å². The van der Waals surface area contributed by atoms with Gasteiger partial charge in [0, 0.05) is 171 Å². The quantitative estimate of drug-likeness (QED) is 0.0313. The van der Waals surface area contributed by atoms with E-state index in [0.717, 1.165) is 87.5 Å². The number of rotatable bonds is 23. The van der Waals surface area contributed by atoms with Gasteiger partial charge in [-0.3, -0.25) is 71.9 Å². The molecule has 0 aliphatic carbocycles. The van der Waals surface area contributed by atoms with E-state index < -0.39 is 197 Å². The monoisotopic (exact) mass is 2070 g/mol. The number of aliphatic carboxylic acids is 2. The molecule has 147 heavy (non-hydrogen) atoms. The number of aromatic hydroxyl groups is 1. The number of benzene rings is 4. The van der Waals surface area contributed by atoms with E-state index >= 15 is 19.2 Å². The van der Waals surface area contributed by atoms with E-state index in [9.17, 15) is 67.4 Å². The number of nitrogens with zero attached hydrogens (tertiary/aromatic N) is 11. The van der Waals surface area contributed by atoms with Crippen LogP contribution in [0.4, 0.5) is 11.4 Å². The summed E-state index contributed by atoms with van der Waals surface area (Å²) in [4.78, 5) is 260. The van der Waals surface area contributed by atoms with Crippen LogP contribution in [0.3, 0.4) is 0 Å². The summed E-state index contributed by atoms with van der Waals surface area (Å²) in [6, 6.07) is 19.1. The second-order valence-electron chi connectivity index (χ2n) is 40.4. The lowest BCUT2D eigenvalue weighted by molar-refractivity contribution is -0.158. The minimum atomic E-state index is -1.69. The molecular formula is C106H141N17O22S2. The number of thioether (sulfide) groups is 2. The highest BCUT2D eigenvalue weighted by molar-refractivity contribution is 8.00. The molecule has 12 aliphatic heterocycles. The Labute approximate surface area is 865 Å². The first kappa shape index (κ1) is 112. The number of unbranched alkanes of at least 4 members (excludes halogenated alkanes) is 1. The Hall–Kier alpha value is -12.6. The SMILES string of the molecule is CC[C@@H]1NC(=O)[C@@H](N)[C@@H](C)OC(=O)[C@H](c2ccccc2)NC(=O)[C@@H]2CC(=O)[C@H](CSC3CN4CCC3CC4)CN2C(=O)[C@H](Cc2ccc(N(C)C)cc2)N(C)C(=O)[C@@H]2CCCN2C1=O.CC[C@@H]1NC(=O)[C@@H](NC(=O)c2ncccc2O)[C@@H](C)OC(=O)[C@H](c2ccccc2)NC(=O)[C@@H]2CC(=O)[C@H](CSC3CN4CCC3CC4)CN2C(=O)[C@H](Cc2ccc(N(C)C)cc2)N(C)C(=O)[C@@H]2CCCN2C1=O.O=C(O)CCCCC(=O)O. The van der Waals surface area contributed by atoms with Gasteiger partial charge in [0.1, 0.15) is 89.9 Å². The van der Waals surface area contributed by atoms with Crippen LogP contribution >= 0.6 is 23.5 Å². The van der Waals surface area contributed by atoms with Crippen LogP contribution in [0.2, 0.25) is 0 Å². The van der Waals surface area contributed by atoms with Crippen LogP contribution in [0.15, 0.2) is 128 Å². The lowest BCUT2D eigenvalue weighted by atomic mass is 9.88. The molecule has 12 fully saturated rings. The molecule has 12 saturated heterocycles. The van der Waals surface area contributed by atoms with Crippen molar-refractivity contribution < 1.29 is 106 Å². The van der Waals surface area contributed by atoms with E-state index in [1.54, 1.807) is 105 Å². The van der Waals surface area contributed by atoms with Crippen LogP contribution in [0, 0.1) is 23.7 Å². The van der Waals surface area contributed by atoms with Crippen molar-refractivity contribution in [3.8, 4) is 5.75 Å². The number of aromatic nitrogens is 1. The summed E-state index contributed by atoms with van der Waals surface area (Å²) in [5.74, 6) is -11.1. The second kappa shape index (κ2) is 51.4. The van der Waals surface area contributed by atoms with E-state index in [4.69, 9.17) is 25.4 Å². The molecule has 4 aromatic carbocycles. The highest BCUT2D eigenvalue weighted by Crippen LogP contribution is 2.41. The topological polar surface area (TPSA) is 501 Å². The zero-order valence-electron chi connectivity index (χ0n) is 85.3. The van der Waals surface area contributed by atoms with Crippen molar-refractivity contribution in [2.24, 2.45) is 29.4 Å². The van der Waals surface area contributed by atoms with E-state index in [0.29, 0.717) is 71.5 Å². The molecule has 13 heterocycles. The van der Waals surface area contributed by atoms with E-state index in [1.165, 1.54) is 68.6 Å². The number of piperidine rings is 8. The summed E-state index contributed by atoms with van der Waals surface area (Å²) in [5.41, 5.74) is 9.90. The molecule has 5 aromatic rings. The number of fused-ring (bicyclic) bond motifs is 10. The van der Waals surface area contributed by atoms with Crippen LogP contribution < -0.4 is 42.1 Å². The minimum Gasteiger partial charge on any atom is -0.505 e. The number of likely N-dealkylation sites (N-methyl/N-ethyl adjacent to an activating group) is 2. The molecule has 0 saturated carbocycles. The van der Waals surface area contributed by atoms with Gasteiger partial charge in [0.05, 0.1) is 0 Å². The Bertz CT molecular complexity index is 5530. The number of hydrogen-bond donors (Lipinski definition) is 9. The number of nitrogens with two attached hydrogens (primary N) is 1. The number of ether oxygens (including phenoxy) is 2. The molecule has 11 amide bonds. The lowest BCUT2D eigenvalue weighted by Gasteiger charge is -2.45. The molecule has 794 valence electrons. The van der Waals surface area contributed by atoms with Gasteiger partial charge in [0.25, 0.3) is 5.91 Å². The number of pyridine rings is 1. The van der Waals surface area contributed by atoms with Crippen LogP contribution in [-0.2, 0) is 99.0 Å². The predicted octanol–water partition coefficient (Wildman–Crippen LogP) is 4.79. The highest BCUT2D eigenvalue weighted by atomic mass is 32.2. The van der Waals surface area contributed by atoms with E-state index in [1.807, 2.05) is 86.5 Å². The van der Waals surface area contributed by atoms with Gasteiger partial charge in [-0.05, 0) is 188 Å². The number of esters is 2. The average Bonchev–Trinajstić information content (AvgIpc) is 1.65. The van der Waals surface area contributed by atoms with Crippen molar-refractivity contribution in [1.82, 2.24) is 70.8 Å². The molecule has 0 radical (unpaired) electrons. The number of amides is 11. The van der Waals surface area contributed by atoms with Gasteiger partial charge >= 0.3 is 23.9 Å². The molecule has 12 aliphatic rings. The Morgan fingerprint density at radius 2 is 0.871 bits per heavy atom. The predicted molar refractivity (Wildman–Crippen MR) is 549 cm³/mol. The van der Waals surface area contributed by atoms with Crippen molar-refractivity contribution in [3.63, 3.8) is 0 Å². The normalized spacial score (nSPS) is 29.3. The maximum atomic E-state index is 15.7. The third kappa shape index (κ3) is 27.9. The van der Waals surface area contributed by atoms with Crippen molar-refractivity contribution in [1.29, 1.82) is 0 Å². The van der Waals surface area contributed by atoms with Gasteiger partial charge in [0.2, 0.25) is 59.1 Å². The Balaban J connectivity index is 0.000000226. The summed E-state index contributed by atoms with van der Waals surface area (Å²) < 4.78 is 11.7. The molecule has 4 bridgehead atoms. The number of anilines is 2. The van der Waals surface area contributed by atoms with Crippen molar-refractivity contribution in [3.05, 3.63) is 155 Å². The number of cyclic esters (lactones) is 2. The standard InChI is InChI=1S/C53H67N9O10S.C47H64N8O8S.C6H10O4/c1-6-37-50(68)61-23-11-14-38(61)51(69)59(5)40(26-32-16-18-36(19-17-32)58(3)4)52(70)62-28-35(30-73-43-29-60-24-20-33(43)21-25-60)42(64)27-39(62)47(65)57-45(34-12-8-7-9-13-34)53(71)72-31(2)44(48(66)55-37)56-49(67)46-41(63)15-10-22-54-46;1-6-34-44(59)54-20-10-13-35(54)45(60)52(5)37(23-29-14-16-33(17-15-29)51(3)4)46(61)55-25-32(27-64-39-26-53-21-18-30(39)19-22-53)38(56)24-36(55)42(57)50-41(31-11-8-7-9-12-31)47(62)63-28(2)40(48)43(58)49-34;7-5(8)3-1-2-4-6(9)10/h7-10,12-13,15-19,22,31,33,35,37-40,43-45,63H,6,11,14,20-21,23-30H2,1-5H3,(H,55,66)(H,56,67)(H,57,65);7-9,11-12,14-17,28,30,32,34-37,39-41H,6,10,13,18-27,48H2,1-5H3,(H,49,58)(H,50,57);1-4H2,(H,7,8)(H,9,10)/t31-,35+,37+,38+,39+,40+,43?,44+,45+;28-,32+,34+,35+,36+,37+,39?,40+,41+;/m11./s1. The number of carboxylic acids is 2. The molecule has 0 spiro atoms. The largest absolute Gasteiger partial charge is 0.505 e. The van der Waals surface area contributed by atoms with Crippen LogP contribution in [0.25, 0.3) is 0 Å². The first-order chi connectivity index (χ1) is 70.3. The maximum Gasteiger partial charge on any atom is 0.333 e. The third-order valence-electron chi connectivity index (χ3n) is 30.1. The van der Waals surface area contributed by atoms with E-state index in [2.05, 4.69) is 41.4 Å². The first-order valence-corrected chi connectivity index (χ1v) is 53.3. The number of Topliss-reactive ketones (excluding diaryl/α,β-unsaturated/α-hetero) is 2. The molecular weight excluding hydrogens is 1930 g/mol. The number of nitrogens with one attached hydrogen (secondary N) is 5. The summed E-state index contributed by atoms with van der Waals surface area (Å²) >= 11 is 3.49. The summed E-state index contributed by atoms with van der Waals surface area (Å²) in [6.45, 7) is 12.6. The van der Waals surface area contributed by atoms with E-state index in [-0.39, 0.29) is 101 Å². The Kier molecular flexibility index (Phi) is 39.0. The van der Waals surface area contributed by atoms with Gasteiger partial charge in [-0.2, -0.15) is 23.5 Å². The number of hydrogen-bond acceptors (Lipinski definition) is 28. The zero-order valence-corrected chi connectivity index (χ0v) is 86.9. The van der Waals surface area contributed by atoms with Crippen LogP contribution in [0.5, 0.6) is 5.75 Å². The Morgan fingerprint density at radius 1 is 0.469 bits per heavy atom. The zero-order chi connectivity index (χ0) is 106. The van der Waals surface area contributed by atoms with Crippen molar-refractivity contribution in [2.75, 3.05) is 129 Å². The average molecular weight is 2070 g/mol. The summed E-state index contributed by atoms with van der Waals surface area (Å²) in [6.07, 6.45) is 5.30. The molecule has 17 rings (SSSR count). The number of ketones is 2.